The van der Waals surface area contributed by atoms with E-state index in [0.29, 0.717) is 11.3 Å². The second kappa shape index (κ2) is 5.80. The van der Waals surface area contributed by atoms with Gasteiger partial charge in [0, 0.05) is 25.5 Å². The van der Waals surface area contributed by atoms with Crippen LogP contribution < -0.4 is 0 Å². The highest BCUT2D eigenvalue weighted by Crippen LogP contribution is 2.31. The van der Waals surface area contributed by atoms with Gasteiger partial charge in [0.2, 0.25) is 0 Å². The molecule has 3 rings (SSSR count). The zero-order valence-corrected chi connectivity index (χ0v) is 12.7. The highest BCUT2D eigenvalue weighted by atomic mass is 16.3. The molecule has 0 N–H and O–H groups in total. The van der Waals surface area contributed by atoms with Gasteiger partial charge in [0.25, 0.3) is 5.91 Å². The summed E-state index contributed by atoms with van der Waals surface area (Å²) in [7, 11) is 2.05. The molecule has 21 heavy (non-hydrogen) atoms. The van der Waals surface area contributed by atoms with Gasteiger partial charge in [0.05, 0.1) is 17.9 Å². The van der Waals surface area contributed by atoms with Crippen LogP contribution in [-0.4, -0.2) is 21.9 Å². The number of hydrogen-bond donors (Lipinski definition) is 0. The van der Waals surface area contributed by atoms with E-state index in [9.17, 15) is 4.79 Å². The third-order valence-electron chi connectivity index (χ3n) is 4.43. The lowest BCUT2D eigenvalue weighted by Crippen LogP contribution is -2.35. The van der Waals surface area contributed by atoms with Crippen LogP contribution in [0.3, 0.4) is 0 Å². The summed E-state index contributed by atoms with van der Waals surface area (Å²) in [6.07, 6.45) is 8.10. The molecule has 2 aromatic heterocycles. The van der Waals surface area contributed by atoms with Gasteiger partial charge in [0.1, 0.15) is 5.76 Å². The third kappa shape index (κ3) is 2.62. The molecular formula is C17H22N2O2. The van der Waals surface area contributed by atoms with E-state index >= 15 is 0 Å². The highest BCUT2D eigenvalue weighted by Gasteiger charge is 2.30. The van der Waals surface area contributed by atoms with Crippen LogP contribution in [0.5, 0.6) is 0 Å². The maximum Gasteiger partial charge on any atom is 0.257 e. The first kappa shape index (κ1) is 14.0. The van der Waals surface area contributed by atoms with Crippen molar-refractivity contribution in [3.63, 3.8) is 0 Å². The van der Waals surface area contributed by atoms with Crippen LogP contribution in [0.25, 0.3) is 0 Å². The molecule has 0 aromatic carbocycles. The number of carbonyl (C=O) groups excluding carboxylic acids is 1. The molecule has 0 spiro atoms. The van der Waals surface area contributed by atoms with E-state index in [1.54, 1.807) is 12.3 Å². The number of aromatic nitrogens is 1. The Morgan fingerprint density at radius 2 is 2.14 bits per heavy atom. The van der Waals surface area contributed by atoms with Crippen molar-refractivity contribution in [2.24, 2.45) is 7.05 Å². The van der Waals surface area contributed by atoms with Crippen molar-refractivity contribution in [2.45, 2.75) is 38.6 Å². The summed E-state index contributed by atoms with van der Waals surface area (Å²) < 4.78 is 7.43. The van der Waals surface area contributed by atoms with E-state index in [2.05, 4.69) is 10.6 Å². The summed E-state index contributed by atoms with van der Waals surface area (Å²) in [6, 6.07) is 6.11. The summed E-state index contributed by atoms with van der Waals surface area (Å²) in [4.78, 5) is 14.9. The van der Waals surface area contributed by atoms with Crippen LogP contribution in [0.4, 0.5) is 0 Å². The molecule has 2 aromatic rings. The molecule has 0 unspecified atom stereocenters. The SMILES string of the molecule is Cc1occc1C(=O)N1CCCCC[C@@H]1c1cccn1C. The number of amides is 1. The number of aryl methyl sites for hydroxylation is 2. The van der Waals surface area contributed by atoms with E-state index in [4.69, 9.17) is 4.42 Å². The fraction of sp³-hybridized carbons (Fsp3) is 0.471. The molecular weight excluding hydrogens is 264 g/mol. The van der Waals surface area contributed by atoms with Gasteiger partial charge in [0.15, 0.2) is 0 Å². The largest absolute Gasteiger partial charge is 0.469 e. The lowest BCUT2D eigenvalue weighted by molar-refractivity contribution is 0.0672. The third-order valence-corrected chi connectivity index (χ3v) is 4.43. The quantitative estimate of drug-likeness (QED) is 0.844. The Hall–Kier alpha value is -1.97. The zero-order chi connectivity index (χ0) is 14.8. The molecule has 1 amide bonds. The van der Waals surface area contributed by atoms with Gasteiger partial charge < -0.3 is 13.9 Å². The highest BCUT2D eigenvalue weighted by molar-refractivity contribution is 5.95. The van der Waals surface area contributed by atoms with E-state index in [1.165, 1.54) is 18.5 Å². The van der Waals surface area contributed by atoms with Gasteiger partial charge in [-0.05, 0) is 38.0 Å². The first-order valence-corrected chi connectivity index (χ1v) is 7.65. The van der Waals surface area contributed by atoms with E-state index in [1.807, 2.05) is 31.1 Å². The second-order valence-corrected chi connectivity index (χ2v) is 5.80. The Labute approximate surface area is 125 Å². The minimum absolute atomic E-state index is 0.0920. The van der Waals surface area contributed by atoms with Crippen LogP contribution in [0.2, 0.25) is 0 Å². The zero-order valence-electron chi connectivity index (χ0n) is 12.7. The molecule has 1 fully saturated rings. The summed E-state index contributed by atoms with van der Waals surface area (Å²) in [6.45, 7) is 2.67. The molecule has 1 aliphatic rings. The first-order chi connectivity index (χ1) is 10.2. The molecule has 3 heterocycles. The lowest BCUT2D eigenvalue weighted by Gasteiger charge is -2.30. The lowest BCUT2D eigenvalue weighted by atomic mass is 10.1. The average Bonchev–Trinajstić information content (AvgIpc) is 3.00. The maximum absolute atomic E-state index is 12.9. The monoisotopic (exact) mass is 286 g/mol. The van der Waals surface area contributed by atoms with Crippen molar-refractivity contribution in [2.75, 3.05) is 6.54 Å². The molecule has 1 aliphatic heterocycles. The van der Waals surface area contributed by atoms with Crippen molar-refractivity contribution < 1.29 is 9.21 Å². The topological polar surface area (TPSA) is 38.4 Å². The predicted octanol–water partition coefficient (Wildman–Crippen LogP) is 3.68. The molecule has 1 saturated heterocycles. The molecule has 4 nitrogen and oxygen atoms in total. The molecule has 4 heteroatoms. The van der Waals surface area contributed by atoms with Gasteiger partial charge in [-0.3, -0.25) is 4.79 Å². The van der Waals surface area contributed by atoms with Gasteiger partial charge in [-0.25, -0.2) is 0 Å². The number of furan rings is 1. The van der Waals surface area contributed by atoms with Crippen LogP contribution in [0, 0.1) is 6.92 Å². The van der Waals surface area contributed by atoms with Gasteiger partial charge in [-0.15, -0.1) is 0 Å². The Balaban J connectivity index is 1.94. The number of carbonyl (C=O) groups is 1. The Kier molecular flexibility index (Phi) is 3.86. The van der Waals surface area contributed by atoms with E-state index in [0.717, 1.165) is 19.4 Å². The minimum Gasteiger partial charge on any atom is -0.469 e. The first-order valence-electron chi connectivity index (χ1n) is 7.65. The van der Waals surface area contributed by atoms with Crippen molar-refractivity contribution >= 4 is 5.91 Å². The normalized spacial score (nSPS) is 19.5. The van der Waals surface area contributed by atoms with Crippen LogP contribution in [0.15, 0.2) is 35.1 Å². The molecule has 0 radical (unpaired) electrons. The Morgan fingerprint density at radius 3 is 2.81 bits per heavy atom. The Morgan fingerprint density at radius 1 is 1.29 bits per heavy atom. The molecule has 112 valence electrons. The summed E-state index contributed by atoms with van der Waals surface area (Å²) in [5.41, 5.74) is 1.91. The summed E-state index contributed by atoms with van der Waals surface area (Å²) in [5, 5.41) is 0. The summed E-state index contributed by atoms with van der Waals surface area (Å²) >= 11 is 0. The van der Waals surface area contributed by atoms with Crippen molar-refractivity contribution in [3.8, 4) is 0 Å². The van der Waals surface area contributed by atoms with Gasteiger partial charge in [-0.2, -0.15) is 0 Å². The standard InChI is InChI=1S/C17H22N2O2/c1-13-14(9-12-21-13)17(20)19-11-5-3-4-7-16(19)15-8-6-10-18(15)2/h6,8-10,12,16H,3-5,7,11H2,1-2H3/t16-/m1/s1. The number of likely N-dealkylation sites (tertiary alicyclic amines) is 1. The molecule has 0 saturated carbocycles. The molecule has 1 atom stereocenters. The van der Waals surface area contributed by atoms with Gasteiger partial charge in [-0.1, -0.05) is 12.8 Å². The number of hydrogen-bond acceptors (Lipinski definition) is 2. The van der Waals surface area contributed by atoms with E-state index in [-0.39, 0.29) is 11.9 Å². The molecule has 0 aliphatic carbocycles. The summed E-state index contributed by atoms with van der Waals surface area (Å²) in [5.74, 6) is 0.796. The van der Waals surface area contributed by atoms with Crippen molar-refractivity contribution in [1.29, 1.82) is 0 Å². The van der Waals surface area contributed by atoms with E-state index < -0.39 is 0 Å². The fourth-order valence-electron chi connectivity index (χ4n) is 3.24. The van der Waals surface area contributed by atoms with Crippen molar-refractivity contribution in [1.82, 2.24) is 9.47 Å². The number of rotatable bonds is 2. The second-order valence-electron chi connectivity index (χ2n) is 5.80. The van der Waals surface area contributed by atoms with Crippen LogP contribution >= 0.6 is 0 Å². The number of nitrogens with zero attached hydrogens (tertiary/aromatic N) is 2. The molecule has 0 bridgehead atoms. The predicted molar refractivity (Wildman–Crippen MR) is 81.1 cm³/mol. The minimum atomic E-state index is 0.0920. The van der Waals surface area contributed by atoms with Crippen molar-refractivity contribution in [3.05, 3.63) is 47.7 Å². The van der Waals surface area contributed by atoms with Gasteiger partial charge >= 0.3 is 0 Å². The van der Waals surface area contributed by atoms with Crippen LogP contribution in [-0.2, 0) is 7.05 Å². The average molecular weight is 286 g/mol. The fourth-order valence-corrected chi connectivity index (χ4v) is 3.24. The smallest absolute Gasteiger partial charge is 0.257 e. The Bertz CT molecular complexity index is 626. The van der Waals surface area contributed by atoms with Crippen LogP contribution in [0.1, 0.15) is 53.5 Å². The maximum atomic E-state index is 12.9.